The molecule has 9 heteroatoms. The molecule has 0 bridgehead atoms. The number of carbonyl (C=O) groups excluding carboxylic acids is 3. The number of nitriles is 1. The number of nitrogens with zero attached hydrogens (tertiary/aromatic N) is 3. The average Bonchev–Trinajstić information content (AvgIpc) is 2.72. The molecule has 0 radical (unpaired) electrons. The summed E-state index contributed by atoms with van der Waals surface area (Å²) in [5.74, 6) is -2.01. The summed E-state index contributed by atoms with van der Waals surface area (Å²) in [5.41, 5.74) is -0.371. The minimum absolute atomic E-state index is 0.0282. The molecule has 1 heterocycles. The molecule has 1 aromatic rings. The smallest absolute Gasteiger partial charge is 0.270 e. The van der Waals surface area contributed by atoms with Crippen molar-refractivity contribution in [2.24, 2.45) is 0 Å². The van der Waals surface area contributed by atoms with Gasteiger partial charge in [-0.05, 0) is 6.07 Å². The maximum Gasteiger partial charge on any atom is 0.270 e. The molecular formula is C13H10N4O5. The molecule has 112 valence electrons. The summed E-state index contributed by atoms with van der Waals surface area (Å²) in [7, 11) is 0. The lowest BCUT2D eigenvalue weighted by molar-refractivity contribution is -0.384. The van der Waals surface area contributed by atoms with E-state index in [4.69, 9.17) is 5.26 Å². The summed E-state index contributed by atoms with van der Waals surface area (Å²) < 4.78 is 0. The molecule has 22 heavy (non-hydrogen) atoms. The summed E-state index contributed by atoms with van der Waals surface area (Å²) in [6, 6.07) is 5.18. The van der Waals surface area contributed by atoms with Crippen molar-refractivity contribution in [3.05, 3.63) is 39.4 Å². The Hall–Kier alpha value is -3.28. The molecule has 1 N–H and O–H groups in total. The van der Waals surface area contributed by atoms with Gasteiger partial charge in [-0.2, -0.15) is 5.26 Å². The van der Waals surface area contributed by atoms with Crippen molar-refractivity contribution in [2.45, 2.75) is 6.42 Å². The van der Waals surface area contributed by atoms with Crippen molar-refractivity contribution in [1.82, 2.24) is 10.2 Å². The molecule has 0 saturated carbocycles. The molecule has 0 aromatic heterocycles. The van der Waals surface area contributed by atoms with E-state index in [1.54, 1.807) is 0 Å². The molecule has 3 amide bonds. The van der Waals surface area contributed by atoms with Gasteiger partial charge in [0.15, 0.2) is 0 Å². The number of benzene rings is 1. The monoisotopic (exact) mass is 302 g/mol. The molecule has 1 aliphatic rings. The Morgan fingerprint density at radius 1 is 1.32 bits per heavy atom. The van der Waals surface area contributed by atoms with Gasteiger partial charge in [0.05, 0.1) is 28.5 Å². The van der Waals surface area contributed by atoms with E-state index in [0.29, 0.717) is 0 Å². The van der Waals surface area contributed by atoms with Gasteiger partial charge in [-0.25, -0.2) is 0 Å². The SMILES string of the molecule is N#CCCNC(=O)CN1C(=O)c2ccc([N+](=O)[O-])cc2C1=O. The van der Waals surface area contributed by atoms with Crippen molar-refractivity contribution in [3.8, 4) is 6.07 Å². The summed E-state index contributed by atoms with van der Waals surface area (Å²) in [4.78, 5) is 46.5. The van der Waals surface area contributed by atoms with Crippen LogP contribution >= 0.6 is 0 Å². The van der Waals surface area contributed by atoms with Crippen LogP contribution in [0.2, 0.25) is 0 Å². The van der Waals surface area contributed by atoms with Crippen LogP contribution in [0.4, 0.5) is 5.69 Å². The molecule has 0 saturated heterocycles. The Morgan fingerprint density at radius 3 is 2.64 bits per heavy atom. The predicted molar refractivity (Wildman–Crippen MR) is 71.7 cm³/mol. The molecule has 0 spiro atoms. The molecule has 0 unspecified atom stereocenters. The number of nitrogens with one attached hydrogen (secondary N) is 1. The van der Waals surface area contributed by atoms with Gasteiger partial charge in [0.25, 0.3) is 17.5 Å². The number of rotatable bonds is 5. The van der Waals surface area contributed by atoms with Crippen LogP contribution in [-0.4, -0.2) is 40.6 Å². The van der Waals surface area contributed by atoms with Crippen molar-refractivity contribution in [3.63, 3.8) is 0 Å². The lowest BCUT2D eigenvalue weighted by Gasteiger charge is -2.12. The fraction of sp³-hybridized carbons (Fsp3) is 0.231. The van der Waals surface area contributed by atoms with E-state index in [-0.39, 0.29) is 29.8 Å². The van der Waals surface area contributed by atoms with Gasteiger partial charge in [0.2, 0.25) is 5.91 Å². The van der Waals surface area contributed by atoms with Crippen LogP contribution in [0.3, 0.4) is 0 Å². The van der Waals surface area contributed by atoms with Crippen LogP contribution in [0.5, 0.6) is 0 Å². The van der Waals surface area contributed by atoms with Crippen molar-refractivity contribution in [1.29, 1.82) is 5.26 Å². The highest BCUT2D eigenvalue weighted by Gasteiger charge is 2.37. The maximum atomic E-state index is 12.1. The van der Waals surface area contributed by atoms with E-state index in [0.717, 1.165) is 17.0 Å². The van der Waals surface area contributed by atoms with Crippen LogP contribution in [0, 0.1) is 21.4 Å². The normalized spacial score (nSPS) is 12.8. The Kier molecular flexibility index (Phi) is 4.13. The molecule has 0 atom stereocenters. The highest BCUT2D eigenvalue weighted by molar-refractivity contribution is 6.22. The fourth-order valence-corrected chi connectivity index (χ4v) is 1.99. The van der Waals surface area contributed by atoms with Gasteiger partial charge < -0.3 is 5.32 Å². The van der Waals surface area contributed by atoms with E-state index in [1.807, 2.05) is 6.07 Å². The zero-order valence-electron chi connectivity index (χ0n) is 11.2. The lowest BCUT2D eigenvalue weighted by Crippen LogP contribution is -2.40. The second-order valence-electron chi connectivity index (χ2n) is 4.44. The first-order chi connectivity index (χ1) is 10.5. The van der Waals surface area contributed by atoms with Gasteiger partial charge in [-0.3, -0.25) is 29.4 Å². The van der Waals surface area contributed by atoms with Crippen LogP contribution in [0.15, 0.2) is 18.2 Å². The van der Waals surface area contributed by atoms with Crippen molar-refractivity contribution >= 4 is 23.4 Å². The molecule has 1 aromatic carbocycles. The average molecular weight is 302 g/mol. The summed E-state index contributed by atoms with van der Waals surface area (Å²) in [6.07, 6.45) is 0.111. The van der Waals surface area contributed by atoms with E-state index >= 15 is 0 Å². The number of amides is 3. The summed E-state index contributed by atoms with van der Waals surface area (Å²) >= 11 is 0. The molecule has 2 rings (SSSR count). The van der Waals surface area contributed by atoms with Crippen molar-refractivity contribution in [2.75, 3.05) is 13.1 Å². The second kappa shape index (κ2) is 6.01. The van der Waals surface area contributed by atoms with E-state index in [2.05, 4.69) is 5.32 Å². The zero-order chi connectivity index (χ0) is 16.3. The molecular weight excluding hydrogens is 292 g/mol. The number of hydrogen-bond acceptors (Lipinski definition) is 6. The first-order valence-electron chi connectivity index (χ1n) is 6.24. The first-order valence-corrected chi connectivity index (χ1v) is 6.24. The quantitative estimate of drug-likeness (QED) is 0.358. The van der Waals surface area contributed by atoms with E-state index in [1.165, 1.54) is 6.07 Å². The third-order valence-corrected chi connectivity index (χ3v) is 3.03. The molecule has 0 fully saturated rings. The minimum atomic E-state index is -0.751. The minimum Gasteiger partial charge on any atom is -0.354 e. The van der Waals surface area contributed by atoms with E-state index in [9.17, 15) is 24.5 Å². The Morgan fingerprint density at radius 2 is 2.00 bits per heavy atom. The third kappa shape index (κ3) is 2.76. The van der Waals surface area contributed by atoms with E-state index < -0.39 is 29.2 Å². The number of fused-ring (bicyclic) bond motifs is 1. The van der Waals surface area contributed by atoms with Gasteiger partial charge in [0, 0.05) is 18.7 Å². The standard InChI is InChI=1S/C13H10N4O5/c14-4-1-5-15-11(18)7-16-12(19)9-3-2-8(17(21)22)6-10(9)13(16)20/h2-3,6H,1,5,7H2,(H,15,18). The summed E-state index contributed by atoms with van der Waals surface area (Å²) in [6.45, 7) is -0.379. The van der Waals surface area contributed by atoms with Crippen LogP contribution < -0.4 is 5.32 Å². The largest absolute Gasteiger partial charge is 0.354 e. The van der Waals surface area contributed by atoms with Gasteiger partial charge in [0.1, 0.15) is 6.54 Å². The van der Waals surface area contributed by atoms with Crippen LogP contribution in [0.1, 0.15) is 27.1 Å². The molecule has 1 aliphatic heterocycles. The third-order valence-electron chi connectivity index (χ3n) is 3.03. The lowest BCUT2D eigenvalue weighted by atomic mass is 10.1. The van der Waals surface area contributed by atoms with Gasteiger partial charge >= 0.3 is 0 Å². The van der Waals surface area contributed by atoms with Crippen LogP contribution in [0.25, 0.3) is 0 Å². The summed E-state index contributed by atoms with van der Waals surface area (Å²) in [5, 5.41) is 21.5. The molecule has 0 aliphatic carbocycles. The Bertz CT molecular complexity index is 722. The first kappa shape index (κ1) is 15.1. The number of non-ortho nitro benzene ring substituents is 1. The Labute approximate surface area is 124 Å². The van der Waals surface area contributed by atoms with Gasteiger partial charge in [-0.1, -0.05) is 0 Å². The Balaban J connectivity index is 2.15. The highest BCUT2D eigenvalue weighted by Crippen LogP contribution is 2.26. The van der Waals surface area contributed by atoms with Crippen molar-refractivity contribution < 1.29 is 19.3 Å². The van der Waals surface area contributed by atoms with Gasteiger partial charge in [-0.15, -0.1) is 0 Å². The fourth-order valence-electron chi connectivity index (χ4n) is 1.99. The topological polar surface area (TPSA) is 133 Å². The zero-order valence-corrected chi connectivity index (χ0v) is 11.2. The maximum absolute atomic E-state index is 12.1. The molecule has 9 nitrogen and oxygen atoms in total. The highest BCUT2D eigenvalue weighted by atomic mass is 16.6. The number of nitro benzene ring substituents is 1. The second-order valence-corrected chi connectivity index (χ2v) is 4.44. The van der Waals surface area contributed by atoms with Crippen LogP contribution in [-0.2, 0) is 4.79 Å². The predicted octanol–water partition coefficient (Wildman–Crippen LogP) is 0.221. The number of hydrogen-bond donors (Lipinski definition) is 1. The number of nitro groups is 1. The number of imide groups is 1. The number of carbonyl (C=O) groups is 3.